The average molecular weight is 421 g/mol. The summed E-state index contributed by atoms with van der Waals surface area (Å²) in [7, 11) is -3.79. The van der Waals surface area contributed by atoms with E-state index in [9.17, 15) is 18.0 Å². The summed E-state index contributed by atoms with van der Waals surface area (Å²) in [5.41, 5.74) is 5.06. The normalized spacial score (nSPS) is 17.2. The van der Waals surface area contributed by atoms with Crippen molar-refractivity contribution < 1.29 is 27.5 Å². The van der Waals surface area contributed by atoms with E-state index in [0.29, 0.717) is 17.7 Å². The number of morpholine rings is 1. The number of benzene rings is 1. The van der Waals surface area contributed by atoms with Crippen LogP contribution in [0.3, 0.4) is 0 Å². The molecule has 1 atom stereocenters. The number of carbonyl (C=O) groups excluding carboxylic acids is 2. The van der Waals surface area contributed by atoms with Crippen molar-refractivity contribution in [1.29, 1.82) is 0 Å². The van der Waals surface area contributed by atoms with E-state index >= 15 is 0 Å². The second-order valence-electron chi connectivity index (χ2n) is 5.11. The molecule has 0 saturated carbocycles. The summed E-state index contributed by atoms with van der Waals surface area (Å²) in [6.07, 6.45) is -1.11. The number of hydrogen-bond donors (Lipinski definition) is 1. The lowest BCUT2D eigenvalue weighted by Crippen LogP contribution is -2.40. The van der Waals surface area contributed by atoms with Crippen LogP contribution >= 0.6 is 15.9 Å². The summed E-state index contributed by atoms with van der Waals surface area (Å²) >= 11 is 3.19. The largest absolute Gasteiger partial charge is 0.449 e. The van der Waals surface area contributed by atoms with Gasteiger partial charge in [-0.2, -0.15) is 4.31 Å². The molecule has 1 aromatic rings. The molecule has 1 fully saturated rings. The van der Waals surface area contributed by atoms with Gasteiger partial charge >= 0.3 is 5.97 Å². The minimum Gasteiger partial charge on any atom is -0.449 e. The summed E-state index contributed by atoms with van der Waals surface area (Å²) < 4.78 is 37.1. The minimum absolute atomic E-state index is 0.0122. The lowest BCUT2D eigenvalue weighted by atomic mass is 10.2. The summed E-state index contributed by atoms with van der Waals surface area (Å²) in [6.45, 7) is 2.44. The van der Waals surface area contributed by atoms with Crippen molar-refractivity contribution in [2.24, 2.45) is 5.73 Å². The highest BCUT2D eigenvalue weighted by Crippen LogP contribution is 2.27. The molecule has 2 rings (SSSR count). The van der Waals surface area contributed by atoms with E-state index in [0.717, 1.165) is 0 Å². The number of halogens is 1. The Kier molecular flexibility index (Phi) is 5.97. The summed E-state index contributed by atoms with van der Waals surface area (Å²) in [5.74, 6) is -1.62. The van der Waals surface area contributed by atoms with Gasteiger partial charge in [-0.05, 0) is 41.1 Å². The zero-order valence-corrected chi connectivity index (χ0v) is 15.3. The van der Waals surface area contributed by atoms with Gasteiger partial charge in [0.1, 0.15) is 0 Å². The molecule has 1 aliphatic heterocycles. The van der Waals surface area contributed by atoms with Crippen molar-refractivity contribution in [3.05, 3.63) is 28.2 Å². The van der Waals surface area contributed by atoms with Crippen molar-refractivity contribution in [3.63, 3.8) is 0 Å². The molecule has 24 heavy (non-hydrogen) atoms. The van der Waals surface area contributed by atoms with Gasteiger partial charge in [-0.1, -0.05) is 0 Å². The van der Waals surface area contributed by atoms with Gasteiger partial charge in [-0.25, -0.2) is 13.2 Å². The van der Waals surface area contributed by atoms with Crippen LogP contribution < -0.4 is 5.73 Å². The molecule has 0 radical (unpaired) electrons. The topological polar surface area (TPSA) is 116 Å². The third-order valence-electron chi connectivity index (χ3n) is 3.44. The second-order valence-corrected chi connectivity index (χ2v) is 7.87. The number of hydrogen-bond acceptors (Lipinski definition) is 6. The molecule has 1 heterocycles. The van der Waals surface area contributed by atoms with E-state index in [-0.39, 0.29) is 23.5 Å². The molecule has 0 bridgehead atoms. The van der Waals surface area contributed by atoms with Gasteiger partial charge < -0.3 is 15.2 Å². The van der Waals surface area contributed by atoms with Crippen molar-refractivity contribution in [1.82, 2.24) is 4.31 Å². The quantitative estimate of drug-likeness (QED) is 0.693. The SMILES string of the molecule is CC(OC(=O)c1ccc(Br)c(S(=O)(=O)N2CCOCC2)c1)C(N)=O. The number of primary amides is 1. The van der Waals surface area contributed by atoms with E-state index in [2.05, 4.69) is 15.9 Å². The molecule has 0 aromatic heterocycles. The smallest absolute Gasteiger partial charge is 0.338 e. The first-order valence-corrected chi connectivity index (χ1v) is 9.34. The first-order chi connectivity index (χ1) is 11.2. The zero-order valence-electron chi connectivity index (χ0n) is 12.9. The fourth-order valence-electron chi connectivity index (χ4n) is 2.04. The maximum Gasteiger partial charge on any atom is 0.338 e. The van der Waals surface area contributed by atoms with Crippen molar-refractivity contribution in [2.45, 2.75) is 17.9 Å². The van der Waals surface area contributed by atoms with Crippen LogP contribution in [0.2, 0.25) is 0 Å². The van der Waals surface area contributed by atoms with Gasteiger partial charge in [0.25, 0.3) is 5.91 Å². The average Bonchev–Trinajstić information content (AvgIpc) is 2.55. The molecule has 0 spiro atoms. The fraction of sp³-hybridized carbons (Fsp3) is 0.429. The highest BCUT2D eigenvalue weighted by Gasteiger charge is 2.29. The van der Waals surface area contributed by atoms with Crippen LogP contribution in [0.4, 0.5) is 0 Å². The second kappa shape index (κ2) is 7.60. The molecule has 1 aliphatic rings. The highest BCUT2D eigenvalue weighted by molar-refractivity contribution is 9.10. The van der Waals surface area contributed by atoms with Crippen LogP contribution in [0.25, 0.3) is 0 Å². The van der Waals surface area contributed by atoms with Crippen LogP contribution in [0.1, 0.15) is 17.3 Å². The first kappa shape index (κ1) is 18.8. The fourth-order valence-corrected chi connectivity index (χ4v) is 4.40. The van der Waals surface area contributed by atoms with Crippen molar-refractivity contribution in [3.8, 4) is 0 Å². The molecule has 0 aliphatic carbocycles. The van der Waals surface area contributed by atoms with E-state index in [1.54, 1.807) is 0 Å². The molecular formula is C14H17BrN2O6S. The number of nitrogens with zero attached hydrogens (tertiary/aromatic N) is 1. The Bertz CT molecular complexity index is 746. The standard InChI is InChI=1S/C14H17BrN2O6S/c1-9(13(16)18)23-14(19)10-2-3-11(15)12(8-10)24(20,21)17-4-6-22-7-5-17/h2-3,8-9H,4-7H2,1H3,(H2,16,18). The molecule has 132 valence electrons. The Morgan fingerprint density at radius 1 is 1.33 bits per heavy atom. The Balaban J connectivity index is 2.31. The third-order valence-corrected chi connectivity index (χ3v) is 6.33. The first-order valence-electron chi connectivity index (χ1n) is 7.11. The van der Waals surface area contributed by atoms with Gasteiger partial charge in [0, 0.05) is 17.6 Å². The Labute approximate surface area is 148 Å². The van der Waals surface area contributed by atoms with Gasteiger partial charge in [0.2, 0.25) is 10.0 Å². The van der Waals surface area contributed by atoms with Crippen LogP contribution in [0.15, 0.2) is 27.6 Å². The predicted octanol–water partition coefficient (Wildman–Crippen LogP) is 0.501. The van der Waals surface area contributed by atoms with Crippen LogP contribution in [0.5, 0.6) is 0 Å². The summed E-state index contributed by atoms with van der Waals surface area (Å²) in [4.78, 5) is 23.0. The summed E-state index contributed by atoms with van der Waals surface area (Å²) in [6, 6.07) is 4.06. The number of esters is 1. The van der Waals surface area contributed by atoms with Crippen molar-refractivity contribution >= 4 is 37.8 Å². The number of sulfonamides is 1. The number of ether oxygens (including phenoxy) is 2. The third kappa shape index (κ3) is 4.12. The maximum atomic E-state index is 12.7. The molecule has 1 aromatic carbocycles. The zero-order chi connectivity index (χ0) is 17.9. The van der Waals surface area contributed by atoms with Crippen LogP contribution in [-0.4, -0.2) is 57.0 Å². The molecule has 2 N–H and O–H groups in total. The highest BCUT2D eigenvalue weighted by atomic mass is 79.9. The molecular weight excluding hydrogens is 404 g/mol. The van der Waals surface area contributed by atoms with Crippen LogP contribution in [0, 0.1) is 0 Å². The van der Waals surface area contributed by atoms with Gasteiger partial charge in [0.15, 0.2) is 6.10 Å². The molecule has 10 heteroatoms. The van der Waals surface area contributed by atoms with E-state index < -0.39 is 28.0 Å². The van der Waals surface area contributed by atoms with Gasteiger partial charge in [-0.3, -0.25) is 4.79 Å². The number of amides is 1. The Morgan fingerprint density at radius 3 is 2.54 bits per heavy atom. The maximum absolute atomic E-state index is 12.7. The van der Waals surface area contributed by atoms with E-state index in [1.807, 2.05) is 0 Å². The van der Waals surface area contributed by atoms with E-state index in [4.69, 9.17) is 15.2 Å². The summed E-state index contributed by atoms with van der Waals surface area (Å²) in [5, 5.41) is 0. The Morgan fingerprint density at radius 2 is 1.96 bits per heavy atom. The minimum atomic E-state index is -3.79. The molecule has 8 nitrogen and oxygen atoms in total. The monoisotopic (exact) mass is 420 g/mol. The van der Waals surface area contributed by atoms with Gasteiger partial charge in [0.05, 0.1) is 23.7 Å². The molecule has 1 amide bonds. The molecule has 1 saturated heterocycles. The number of rotatable bonds is 5. The van der Waals surface area contributed by atoms with E-state index in [1.165, 1.54) is 29.4 Å². The predicted molar refractivity (Wildman–Crippen MR) is 87.8 cm³/mol. The van der Waals surface area contributed by atoms with Gasteiger partial charge in [-0.15, -0.1) is 0 Å². The lowest BCUT2D eigenvalue weighted by Gasteiger charge is -2.26. The van der Waals surface area contributed by atoms with Crippen molar-refractivity contribution in [2.75, 3.05) is 26.3 Å². The van der Waals surface area contributed by atoms with Crippen LogP contribution in [-0.2, 0) is 24.3 Å². The number of carbonyl (C=O) groups is 2. The lowest BCUT2D eigenvalue weighted by molar-refractivity contribution is -0.125. The Hall–Kier alpha value is -1.49. The number of nitrogens with two attached hydrogens (primary N) is 1. The molecule has 1 unspecified atom stereocenters.